The standard InChI is InChI=1S/C31H30N2O8/c1-3-14-40-26-13-10-22(17-27(26)39-4-2)18-33-29(35)25(28(34)32-31(33)38)16-21-6-5-7-24(15-21)41-19-20-8-11-23(12-9-20)30(36)37/h5-13,15-17H,3-4,14,18-19H2,1-2H3,(H,36,37)(H,32,34,38)/b25-16-. The number of barbiturate groups is 1. The van der Waals surface area contributed by atoms with Gasteiger partial charge in [-0.05, 0) is 72.5 Å². The van der Waals surface area contributed by atoms with Crippen LogP contribution in [-0.4, -0.2) is 47.0 Å². The first-order valence-corrected chi connectivity index (χ1v) is 13.1. The number of nitrogens with one attached hydrogen (secondary N) is 1. The monoisotopic (exact) mass is 558 g/mol. The fraction of sp³-hybridized carbons (Fsp3) is 0.226. The van der Waals surface area contributed by atoms with Crippen molar-refractivity contribution in [3.8, 4) is 17.2 Å². The molecule has 3 aromatic carbocycles. The third-order valence-electron chi connectivity index (χ3n) is 6.07. The molecular formula is C31H30N2O8. The number of aromatic carboxylic acids is 1. The van der Waals surface area contributed by atoms with Crippen molar-refractivity contribution < 1.29 is 38.5 Å². The Kier molecular flexibility index (Phi) is 9.36. The third kappa shape index (κ3) is 7.30. The quantitative estimate of drug-likeness (QED) is 0.239. The summed E-state index contributed by atoms with van der Waals surface area (Å²) in [5.41, 5.74) is 1.90. The van der Waals surface area contributed by atoms with Gasteiger partial charge in [0.1, 0.15) is 17.9 Å². The maximum absolute atomic E-state index is 13.3. The molecule has 0 bridgehead atoms. The molecule has 212 valence electrons. The number of hydrogen-bond acceptors (Lipinski definition) is 7. The van der Waals surface area contributed by atoms with E-state index < -0.39 is 23.8 Å². The summed E-state index contributed by atoms with van der Waals surface area (Å²) in [5.74, 6) is -0.976. The summed E-state index contributed by atoms with van der Waals surface area (Å²) in [5, 5.41) is 11.3. The topological polar surface area (TPSA) is 131 Å². The molecule has 4 amide bonds. The molecular weight excluding hydrogens is 528 g/mol. The summed E-state index contributed by atoms with van der Waals surface area (Å²) in [6.45, 7) is 4.89. The number of imide groups is 2. The number of ether oxygens (including phenoxy) is 3. The van der Waals surface area contributed by atoms with Crippen LogP contribution in [0.2, 0.25) is 0 Å². The van der Waals surface area contributed by atoms with E-state index in [2.05, 4.69) is 5.32 Å². The van der Waals surface area contributed by atoms with Gasteiger partial charge in [-0.25, -0.2) is 9.59 Å². The van der Waals surface area contributed by atoms with Crippen molar-refractivity contribution in [3.05, 3.63) is 94.6 Å². The lowest BCUT2D eigenvalue weighted by molar-refractivity contribution is -0.130. The molecule has 3 aromatic rings. The second-order valence-corrected chi connectivity index (χ2v) is 9.13. The van der Waals surface area contributed by atoms with Crippen molar-refractivity contribution in [1.82, 2.24) is 10.2 Å². The predicted octanol–water partition coefficient (Wildman–Crippen LogP) is 4.81. The average molecular weight is 559 g/mol. The zero-order valence-electron chi connectivity index (χ0n) is 22.7. The molecule has 0 radical (unpaired) electrons. The van der Waals surface area contributed by atoms with Crippen LogP contribution in [0, 0.1) is 0 Å². The maximum atomic E-state index is 13.3. The van der Waals surface area contributed by atoms with Crippen LogP contribution in [0.5, 0.6) is 17.2 Å². The molecule has 0 saturated carbocycles. The number of hydrogen-bond donors (Lipinski definition) is 2. The Hall–Kier alpha value is -5.12. The minimum atomic E-state index is -1.01. The molecule has 10 nitrogen and oxygen atoms in total. The molecule has 10 heteroatoms. The highest BCUT2D eigenvalue weighted by Crippen LogP contribution is 2.30. The molecule has 2 N–H and O–H groups in total. The number of carboxylic acids is 1. The van der Waals surface area contributed by atoms with Crippen molar-refractivity contribution in [1.29, 1.82) is 0 Å². The van der Waals surface area contributed by atoms with Gasteiger partial charge in [-0.3, -0.25) is 19.8 Å². The van der Waals surface area contributed by atoms with Crippen LogP contribution in [0.3, 0.4) is 0 Å². The highest BCUT2D eigenvalue weighted by atomic mass is 16.5. The zero-order valence-corrected chi connectivity index (χ0v) is 22.7. The van der Waals surface area contributed by atoms with Crippen LogP contribution in [-0.2, 0) is 22.7 Å². The molecule has 1 fully saturated rings. The summed E-state index contributed by atoms with van der Waals surface area (Å²) in [7, 11) is 0. The smallest absolute Gasteiger partial charge is 0.335 e. The van der Waals surface area contributed by atoms with E-state index in [-0.39, 0.29) is 24.3 Å². The molecule has 1 saturated heterocycles. The Morgan fingerprint density at radius 2 is 1.66 bits per heavy atom. The van der Waals surface area contributed by atoms with Gasteiger partial charge in [0.2, 0.25) is 0 Å². The van der Waals surface area contributed by atoms with E-state index in [1.165, 1.54) is 18.2 Å². The third-order valence-corrected chi connectivity index (χ3v) is 6.07. The highest BCUT2D eigenvalue weighted by molar-refractivity contribution is 6.30. The molecule has 0 atom stereocenters. The lowest BCUT2D eigenvalue weighted by Crippen LogP contribution is -2.53. The highest BCUT2D eigenvalue weighted by Gasteiger charge is 2.35. The summed E-state index contributed by atoms with van der Waals surface area (Å²) >= 11 is 0. The van der Waals surface area contributed by atoms with Crippen LogP contribution in [0.1, 0.15) is 47.3 Å². The second-order valence-electron chi connectivity index (χ2n) is 9.13. The lowest BCUT2D eigenvalue weighted by atomic mass is 10.1. The second kappa shape index (κ2) is 13.3. The number of amides is 4. The minimum Gasteiger partial charge on any atom is -0.490 e. The Bertz CT molecular complexity index is 1480. The number of rotatable bonds is 12. The summed E-state index contributed by atoms with van der Waals surface area (Å²) < 4.78 is 17.2. The zero-order chi connectivity index (χ0) is 29.4. The maximum Gasteiger partial charge on any atom is 0.335 e. The first-order chi connectivity index (χ1) is 19.8. The SMILES string of the molecule is CCCOc1ccc(CN2C(=O)NC(=O)/C(=C/c3cccc(OCc4ccc(C(=O)O)cc4)c3)C2=O)cc1OCC. The molecule has 4 rings (SSSR count). The van der Waals surface area contributed by atoms with E-state index in [0.717, 1.165) is 16.9 Å². The molecule has 1 aliphatic rings. The van der Waals surface area contributed by atoms with Crippen LogP contribution in [0.15, 0.2) is 72.3 Å². The van der Waals surface area contributed by atoms with Gasteiger partial charge in [0.25, 0.3) is 11.8 Å². The van der Waals surface area contributed by atoms with Crippen LogP contribution >= 0.6 is 0 Å². The van der Waals surface area contributed by atoms with E-state index in [0.29, 0.717) is 41.6 Å². The van der Waals surface area contributed by atoms with E-state index in [1.54, 1.807) is 54.6 Å². The average Bonchev–Trinajstić information content (AvgIpc) is 2.96. The van der Waals surface area contributed by atoms with Gasteiger partial charge < -0.3 is 19.3 Å². The van der Waals surface area contributed by atoms with Crippen molar-refractivity contribution in [3.63, 3.8) is 0 Å². The van der Waals surface area contributed by atoms with Gasteiger partial charge in [-0.1, -0.05) is 37.3 Å². The van der Waals surface area contributed by atoms with Gasteiger partial charge in [0.05, 0.1) is 25.3 Å². The molecule has 0 aliphatic carbocycles. The fourth-order valence-corrected chi connectivity index (χ4v) is 4.04. The van der Waals surface area contributed by atoms with E-state index >= 15 is 0 Å². The van der Waals surface area contributed by atoms with E-state index in [1.807, 2.05) is 13.8 Å². The number of urea groups is 1. The van der Waals surface area contributed by atoms with Gasteiger partial charge in [-0.2, -0.15) is 0 Å². The lowest BCUT2D eigenvalue weighted by Gasteiger charge is -2.26. The van der Waals surface area contributed by atoms with Crippen molar-refractivity contribution in [2.75, 3.05) is 13.2 Å². The number of nitrogens with zero attached hydrogens (tertiary/aromatic N) is 1. The molecule has 1 aliphatic heterocycles. The number of carbonyl (C=O) groups excluding carboxylic acids is 3. The summed E-state index contributed by atoms with van der Waals surface area (Å²) in [4.78, 5) is 50.5. The van der Waals surface area contributed by atoms with E-state index in [4.69, 9.17) is 19.3 Å². The molecule has 1 heterocycles. The van der Waals surface area contributed by atoms with Gasteiger partial charge in [-0.15, -0.1) is 0 Å². The minimum absolute atomic E-state index is 0.0762. The predicted molar refractivity (Wildman–Crippen MR) is 150 cm³/mol. The molecule has 41 heavy (non-hydrogen) atoms. The van der Waals surface area contributed by atoms with Gasteiger partial charge >= 0.3 is 12.0 Å². The van der Waals surface area contributed by atoms with Gasteiger partial charge in [0, 0.05) is 0 Å². The number of carboxylic acid groups (broad SMARTS) is 1. The summed E-state index contributed by atoms with van der Waals surface area (Å²) in [6, 6.07) is 17.5. The van der Waals surface area contributed by atoms with Crippen molar-refractivity contribution in [2.24, 2.45) is 0 Å². The first kappa shape index (κ1) is 28.9. The molecule has 0 spiro atoms. The Balaban J connectivity index is 1.49. The van der Waals surface area contributed by atoms with Gasteiger partial charge in [0.15, 0.2) is 11.5 Å². The van der Waals surface area contributed by atoms with Crippen LogP contribution in [0.4, 0.5) is 4.79 Å². The summed E-state index contributed by atoms with van der Waals surface area (Å²) in [6.07, 6.45) is 2.23. The number of carbonyl (C=O) groups is 4. The number of benzene rings is 3. The Morgan fingerprint density at radius 3 is 2.37 bits per heavy atom. The molecule has 0 aromatic heterocycles. The van der Waals surface area contributed by atoms with Crippen LogP contribution < -0.4 is 19.5 Å². The normalized spacial score (nSPS) is 14.1. The molecule has 0 unspecified atom stereocenters. The Labute approximate surface area is 237 Å². The van der Waals surface area contributed by atoms with Crippen molar-refractivity contribution >= 4 is 29.9 Å². The largest absolute Gasteiger partial charge is 0.490 e. The van der Waals surface area contributed by atoms with Crippen molar-refractivity contribution in [2.45, 2.75) is 33.4 Å². The van der Waals surface area contributed by atoms with Crippen LogP contribution in [0.25, 0.3) is 6.08 Å². The Morgan fingerprint density at radius 1 is 0.902 bits per heavy atom. The van der Waals surface area contributed by atoms with E-state index in [9.17, 15) is 19.2 Å². The first-order valence-electron chi connectivity index (χ1n) is 13.1. The fourth-order valence-electron chi connectivity index (χ4n) is 4.04.